The van der Waals surface area contributed by atoms with E-state index in [-0.39, 0.29) is 6.04 Å². The number of hydrogen-bond acceptors (Lipinski definition) is 3. The van der Waals surface area contributed by atoms with Crippen molar-refractivity contribution in [1.82, 2.24) is 4.98 Å². The Morgan fingerprint density at radius 2 is 2.21 bits per heavy atom. The van der Waals surface area contributed by atoms with Crippen LogP contribution in [0.15, 0.2) is 18.3 Å². The lowest BCUT2D eigenvalue weighted by molar-refractivity contribution is 0.326. The van der Waals surface area contributed by atoms with Gasteiger partial charge in [0.05, 0.1) is 6.61 Å². The van der Waals surface area contributed by atoms with Crippen molar-refractivity contribution in [3.63, 3.8) is 0 Å². The van der Waals surface area contributed by atoms with Crippen molar-refractivity contribution in [2.24, 2.45) is 5.73 Å². The summed E-state index contributed by atoms with van der Waals surface area (Å²) in [4.78, 5) is 4.17. The molecule has 0 aliphatic rings. The minimum atomic E-state index is 0.100. The molecule has 0 saturated heterocycles. The van der Waals surface area contributed by atoms with Crippen molar-refractivity contribution >= 4 is 0 Å². The molecule has 0 aliphatic heterocycles. The molecule has 1 aromatic rings. The molecule has 0 saturated carbocycles. The first-order chi connectivity index (χ1) is 6.77. The average Bonchev–Trinajstić information content (AvgIpc) is 2.20. The third-order valence-corrected chi connectivity index (χ3v) is 2.08. The van der Waals surface area contributed by atoms with Crippen molar-refractivity contribution in [2.75, 3.05) is 6.61 Å². The lowest BCUT2D eigenvalue weighted by Gasteiger charge is -2.10. The summed E-state index contributed by atoms with van der Waals surface area (Å²) in [5.74, 6) is 0.667. The smallest absolute Gasteiger partial charge is 0.213 e. The van der Waals surface area contributed by atoms with E-state index in [1.165, 1.54) is 0 Å². The summed E-state index contributed by atoms with van der Waals surface area (Å²) in [6.45, 7) is 4.72. The minimum absolute atomic E-state index is 0.100. The van der Waals surface area contributed by atoms with E-state index < -0.39 is 0 Å². The van der Waals surface area contributed by atoms with Crippen molar-refractivity contribution in [2.45, 2.75) is 32.7 Å². The second kappa shape index (κ2) is 5.60. The fourth-order valence-electron chi connectivity index (χ4n) is 1.32. The molecule has 0 unspecified atom stereocenters. The van der Waals surface area contributed by atoms with E-state index in [1.807, 2.05) is 19.1 Å². The van der Waals surface area contributed by atoms with Gasteiger partial charge in [-0.15, -0.1) is 0 Å². The van der Waals surface area contributed by atoms with Gasteiger partial charge >= 0.3 is 0 Å². The molecule has 14 heavy (non-hydrogen) atoms. The zero-order chi connectivity index (χ0) is 10.4. The standard InChI is InChI=1S/C11H18N2O/c1-3-5-10(12)9-6-7-11(13-8-9)14-4-2/h6-8,10H,3-5,12H2,1-2H3/t10-/m1/s1. The largest absolute Gasteiger partial charge is 0.478 e. The molecule has 3 heteroatoms. The third-order valence-electron chi connectivity index (χ3n) is 2.08. The lowest BCUT2D eigenvalue weighted by atomic mass is 10.1. The monoisotopic (exact) mass is 194 g/mol. The predicted octanol–water partition coefficient (Wildman–Crippen LogP) is 2.28. The van der Waals surface area contributed by atoms with Crippen LogP contribution in [-0.4, -0.2) is 11.6 Å². The third kappa shape index (κ3) is 3.00. The van der Waals surface area contributed by atoms with Crippen LogP contribution in [0.5, 0.6) is 5.88 Å². The van der Waals surface area contributed by atoms with Gasteiger partial charge in [0.1, 0.15) is 0 Å². The van der Waals surface area contributed by atoms with Crippen LogP contribution in [0.4, 0.5) is 0 Å². The molecular weight excluding hydrogens is 176 g/mol. The van der Waals surface area contributed by atoms with E-state index in [9.17, 15) is 0 Å². The van der Waals surface area contributed by atoms with Gasteiger partial charge in [-0.05, 0) is 18.9 Å². The molecule has 2 N–H and O–H groups in total. The summed E-state index contributed by atoms with van der Waals surface area (Å²) >= 11 is 0. The second-order valence-corrected chi connectivity index (χ2v) is 3.26. The maximum atomic E-state index is 5.95. The molecule has 0 bridgehead atoms. The van der Waals surface area contributed by atoms with Crippen molar-refractivity contribution in [3.8, 4) is 5.88 Å². The van der Waals surface area contributed by atoms with Gasteiger partial charge in [0.25, 0.3) is 0 Å². The summed E-state index contributed by atoms with van der Waals surface area (Å²) < 4.78 is 5.25. The Morgan fingerprint density at radius 1 is 1.43 bits per heavy atom. The molecule has 1 heterocycles. The van der Waals surface area contributed by atoms with Crippen LogP contribution < -0.4 is 10.5 Å². The zero-order valence-electron chi connectivity index (χ0n) is 8.86. The molecule has 1 atom stereocenters. The molecule has 0 radical (unpaired) electrons. The van der Waals surface area contributed by atoms with Crippen LogP contribution in [0, 0.1) is 0 Å². The first kappa shape index (κ1) is 11.0. The summed E-state index contributed by atoms with van der Waals surface area (Å²) in [5.41, 5.74) is 7.03. The Balaban J connectivity index is 2.62. The SMILES string of the molecule is CCC[C@@H](N)c1ccc(OCC)nc1. The maximum Gasteiger partial charge on any atom is 0.213 e. The van der Waals surface area contributed by atoms with Crippen LogP contribution in [0.25, 0.3) is 0 Å². The van der Waals surface area contributed by atoms with Crippen molar-refractivity contribution in [1.29, 1.82) is 0 Å². The molecule has 1 aromatic heterocycles. The van der Waals surface area contributed by atoms with Crippen LogP contribution in [0.1, 0.15) is 38.3 Å². The second-order valence-electron chi connectivity index (χ2n) is 3.26. The number of aromatic nitrogens is 1. The number of pyridine rings is 1. The first-order valence-electron chi connectivity index (χ1n) is 5.12. The van der Waals surface area contributed by atoms with Crippen LogP contribution in [-0.2, 0) is 0 Å². The van der Waals surface area contributed by atoms with Crippen molar-refractivity contribution < 1.29 is 4.74 Å². The number of ether oxygens (including phenoxy) is 1. The molecule has 0 amide bonds. The van der Waals surface area contributed by atoms with Gasteiger partial charge in [-0.25, -0.2) is 4.98 Å². The predicted molar refractivity (Wildman–Crippen MR) is 57.2 cm³/mol. The first-order valence-corrected chi connectivity index (χ1v) is 5.12. The topological polar surface area (TPSA) is 48.1 Å². The van der Waals surface area contributed by atoms with Gasteiger partial charge in [-0.2, -0.15) is 0 Å². The van der Waals surface area contributed by atoms with Crippen LogP contribution in [0.3, 0.4) is 0 Å². The molecule has 78 valence electrons. The Bertz CT molecular complexity index is 258. The Kier molecular flexibility index (Phi) is 4.40. The Morgan fingerprint density at radius 3 is 2.71 bits per heavy atom. The number of rotatable bonds is 5. The number of hydrogen-bond donors (Lipinski definition) is 1. The fraction of sp³-hybridized carbons (Fsp3) is 0.545. The maximum absolute atomic E-state index is 5.95. The average molecular weight is 194 g/mol. The molecule has 0 aliphatic carbocycles. The van der Waals surface area contributed by atoms with Gasteiger partial charge in [-0.1, -0.05) is 19.4 Å². The summed E-state index contributed by atoms with van der Waals surface area (Å²) in [6.07, 6.45) is 3.88. The Labute approximate surface area is 85.3 Å². The van der Waals surface area contributed by atoms with E-state index in [4.69, 9.17) is 10.5 Å². The molecule has 0 spiro atoms. The fourth-order valence-corrected chi connectivity index (χ4v) is 1.32. The summed E-state index contributed by atoms with van der Waals surface area (Å²) in [5, 5.41) is 0. The lowest BCUT2D eigenvalue weighted by Crippen LogP contribution is -2.10. The summed E-state index contributed by atoms with van der Waals surface area (Å²) in [7, 11) is 0. The highest BCUT2D eigenvalue weighted by Gasteiger charge is 2.04. The van der Waals surface area contributed by atoms with E-state index in [0.717, 1.165) is 18.4 Å². The number of nitrogens with zero attached hydrogens (tertiary/aromatic N) is 1. The molecule has 3 nitrogen and oxygen atoms in total. The Hall–Kier alpha value is -1.09. The van der Waals surface area contributed by atoms with Gasteiger partial charge in [0, 0.05) is 18.3 Å². The molecular formula is C11H18N2O. The highest BCUT2D eigenvalue weighted by molar-refractivity contribution is 5.20. The van der Waals surface area contributed by atoms with E-state index in [1.54, 1.807) is 6.20 Å². The van der Waals surface area contributed by atoms with Crippen LogP contribution in [0.2, 0.25) is 0 Å². The normalized spacial score (nSPS) is 12.5. The van der Waals surface area contributed by atoms with Crippen LogP contribution >= 0.6 is 0 Å². The summed E-state index contributed by atoms with van der Waals surface area (Å²) in [6, 6.07) is 3.95. The zero-order valence-corrected chi connectivity index (χ0v) is 8.86. The van der Waals surface area contributed by atoms with Gasteiger partial charge in [0.15, 0.2) is 0 Å². The van der Waals surface area contributed by atoms with E-state index in [2.05, 4.69) is 11.9 Å². The molecule has 0 aromatic carbocycles. The van der Waals surface area contributed by atoms with Crippen molar-refractivity contribution in [3.05, 3.63) is 23.9 Å². The number of nitrogens with two attached hydrogens (primary N) is 1. The van der Waals surface area contributed by atoms with Gasteiger partial charge in [-0.3, -0.25) is 0 Å². The van der Waals surface area contributed by atoms with E-state index >= 15 is 0 Å². The van der Waals surface area contributed by atoms with E-state index in [0.29, 0.717) is 12.5 Å². The highest BCUT2D eigenvalue weighted by Crippen LogP contribution is 2.16. The molecule has 1 rings (SSSR count). The van der Waals surface area contributed by atoms with Gasteiger partial charge in [0.2, 0.25) is 5.88 Å². The minimum Gasteiger partial charge on any atom is -0.478 e. The highest BCUT2D eigenvalue weighted by atomic mass is 16.5. The quantitative estimate of drug-likeness (QED) is 0.782. The molecule has 0 fully saturated rings. The van der Waals surface area contributed by atoms with Gasteiger partial charge < -0.3 is 10.5 Å².